The molecule has 0 aromatic heterocycles. The van der Waals surface area contributed by atoms with Crippen LogP contribution in [0.3, 0.4) is 0 Å². The van der Waals surface area contributed by atoms with Crippen LogP contribution in [0.4, 0.5) is 5.69 Å². The van der Waals surface area contributed by atoms with Gasteiger partial charge in [0, 0.05) is 12.1 Å². The van der Waals surface area contributed by atoms with Crippen molar-refractivity contribution < 1.29 is 14.3 Å². The minimum absolute atomic E-state index is 0.181. The van der Waals surface area contributed by atoms with Gasteiger partial charge in [0.25, 0.3) is 5.91 Å². The minimum Gasteiger partial charge on any atom is -0.497 e. The number of carbonyl (C=O) groups excluding carboxylic acids is 1. The van der Waals surface area contributed by atoms with E-state index >= 15 is 0 Å². The molecule has 0 radical (unpaired) electrons. The van der Waals surface area contributed by atoms with E-state index in [9.17, 15) is 4.79 Å². The van der Waals surface area contributed by atoms with Crippen molar-refractivity contribution in [3.8, 4) is 11.5 Å². The molecule has 2 atom stereocenters. The fourth-order valence-electron chi connectivity index (χ4n) is 1.85. The molecule has 5 heteroatoms. The number of methoxy groups -OCH3 is 2. The van der Waals surface area contributed by atoms with Crippen molar-refractivity contribution in [1.29, 1.82) is 0 Å². The number of nitrogen functional groups attached to an aromatic ring is 1. The number of nitrogens with two attached hydrogens (primary N) is 1. The van der Waals surface area contributed by atoms with E-state index in [0.29, 0.717) is 28.7 Å². The number of hydrogen-bond acceptors (Lipinski definition) is 4. The van der Waals surface area contributed by atoms with Crippen LogP contribution in [0.25, 0.3) is 0 Å². The molecule has 0 bridgehead atoms. The third-order valence-corrected chi connectivity index (χ3v) is 3.24. The zero-order valence-corrected chi connectivity index (χ0v) is 10.8. The van der Waals surface area contributed by atoms with Gasteiger partial charge in [-0.3, -0.25) is 4.79 Å². The molecule has 0 spiro atoms. The van der Waals surface area contributed by atoms with Crippen LogP contribution in [0.1, 0.15) is 23.7 Å². The lowest BCUT2D eigenvalue weighted by molar-refractivity contribution is 0.0949. The Morgan fingerprint density at radius 3 is 2.56 bits per heavy atom. The van der Waals surface area contributed by atoms with Gasteiger partial charge in [-0.25, -0.2) is 0 Å². The highest BCUT2D eigenvalue weighted by atomic mass is 16.5. The molecule has 2 unspecified atom stereocenters. The molecule has 1 saturated carbocycles. The van der Waals surface area contributed by atoms with E-state index < -0.39 is 0 Å². The lowest BCUT2D eigenvalue weighted by Gasteiger charge is -2.12. The molecule has 3 N–H and O–H groups in total. The van der Waals surface area contributed by atoms with E-state index in [1.54, 1.807) is 12.1 Å². The van der Waals surface area contributed by atoms with Gasteiger partial charge in [-0.2, -0.15) is 0 Å². The van der Waals surface area contributed by atoms with E-state index in [-0.39, 0.29) is 11.9 Å². The second-order valence-electron chi connectivity index (χ2n) is 4.58. The normalized spacial score (nSPS) is 21.3. The molecule has 0 saturated heterocycles. The monoisotopic (exact) mass is 250 g/mol. The third-order valence-electron chi connectivity index (χ3n) is 3.24. The zero-order valence-electron chi connectivity index (χ0n) is 10.8. The molecule has 1 amide bonds. The molecule has 2 rings (SSSR count). The van der Waals surface area contributed by atoms with Gasteiger partial charge in [-0.05, 0) is 18.4 Å². The van der Waals surface area contributed by atoms with Gasteiger partial charge in [-0.1, -0.05) is 6.92 Å². The Bertz CT molecular complexity index is 474. The smallest absolute Gasteiger partial charge is 0.253 e. The average molecular weight is 250 g/mol. The number of carbonyl (C=O) groups is 1. The third kappa shape index (κ3) is 2.34. The number of hydrogen-bond donors (Lipinski definition) is 2. The summed E-state index contributed by atoms with van der Waals surface area (Å²) in [6.45, 7) is 2.10. The van der Waals surface area contributed by atoms with Crippen molar-refractivity contribution in [3.63, 3.8) is 0 Å². The highest BCUT2D eigenvalue weighted by Gasteiger charge is 2.34. The van der Waals surface area contributed by atoms with Crippen LogP contribution in [0, 0.1) is 5.92 Å². The molecule has 0 heterocycles. The standard InChI is InChI=1S/C13H18N2O3/c1-7-4-10(7)15-13(16)9-5-8(17-2)6-11(18-3)12(9)14/h5-7,10H,4,14H2,1-3H3,(H,15,16). The van der Waals surface area contributed by atoms with Crippen LogP contribution in [-0.4, -0.2) is 26.2 Å². The van der Waals surface area contributed by atoms with Gasteiger partial charge in [0.15, 0.2) is 0 Å². The van der Waals surface area contributed by atoms with Gasteiger partial charge in [0.1, 0.15) is 11.5 Å². The number of anilines is 1. The van der Waals surface area contributed by atoms with E-state index in [0.717, 1.165) is 6.42 Å². The van der Waals surface area contributed by atoms with Crippen molar-refractivity contribution in [2.75, 3.05) is 20.0 Å². The zero-order chi connectivity index (χ0) is 13.3. The number of benzene rings is 1. The Kier molecular flexibility index (Phi) is 3.32. The van der Waals surface area contributed by atoms with Crippen LogP contribution in [0.5, 0.6) is 11.5 Å². The van der Waals surface area contributed by atoms with Gasteiger partial charge in [-0.15, -0.1) is 0 Å². The molecule has 98 valence electrons. The Labute approximate surface area is 106 Å². The van der Waals surface area contributed by atoms with Gasteiger partial charge in [0.05, 0.1) is 25.5 Å². The minimum atomic E-state index is -0.181. The van der Waals surface area contributed by atoms with Gasteiger partial charge < -0.3 is 20.5 Å². The predicted molar refractivity (Wildman–Crippen MR) is 69.0 cm³/mol. The maximum atomic E-state index is 12.1. The van der Waals surface area contributed by atoms with E-state index in [2.05, 4.69) is 12.2 Å². The van der Waals surface area contributed by atoms with Gasteiger partial charge in [0.2, 0.25) is 0 Å². The van der Waals surface area contributed by atoms with Crippen LogP contribution in [0.15, 0.2) is 12.1 Å². The van der Waals surface area contributed by atoms with Crippen molar-refractivity contribution >= 4 is 11.6 Å². The number of rotatable bonds is 4. The molecule has 1 aromatic carbocycles. The maximum absolute atomic E-state index is 12.1. The Balaban J connectivity index is 2.27. The summed E-state index contributed by atoms with van der Waals surface area (Å²) in [6, 6.07) is 3.54. The van der Waals surface area contributed by atoms with Crippen molar-refractivity contribution in [2.45, 2.75) is 19.4 Å². The summed E-state index contributed by atoms with van der Waals surface area (Å²) >= 11 is 0. The highest BCUT2D eigenvalue weighted by Crippen LogP contribution is 2.33. The molecule has 1 aliphatic rings. The van der Waals surface area contributed by atoms with Crippen LogP contribution in [0.2, 0.25) is 0 Å². The molecule has 0 aliphatic heterocycles. The SMILES string of the molecule is COc1cc(OC)c(N)c(C(=O)NC2CC2C)c1. The largest absolute Gasteiger partial charge is 0.497 e. The molecule has 18 heavy (non-hydrogen) atoms. The number of ether oxygens (including phenoxy) is 2. The summed E-state index contributed by atoms with van der Waals surface area (Å²) in [6.07, 6.45) is 1.02. The lowest BCUT2D eigenvalue weighted by atomic mass is 10.1. The quantitative estimate of drug-likeness (QED) is 0.793. The van der Waals surface area contributed by atoms with Gasteiger partial charge >= 0.3 is 0 Å². The van der Waals surface area contributed by atoms with Crippen molar-refractivity contribution in [1.82, 2.24) is 5.32 Å². The first kappa shape index (κ1) is 12.5. The predicted octanol–water partition coefficient (Wildman–Crippen LogP) is 1.42. The molecule has 5 nitrogen and oxygen atoms in total. The van der Waals surface area contributed by atoms with Crippen LogP contribution in [-0.2, 0) is 0 Å². The summed E-state index contributed by atoms with van der Waals surface area (Å²) in [7, 11) is 3.05. The average Bonchev–Trinajstić information content (AvgIpc) is 3.05. The second kappa shape index (κ2) is 4.76. The first-order valence-corrected chi connectivity index (χ1v) is 5.89. The molecule has 1 aromatic rings. The summed E-state index contributed by atoms with van der Waals surface area (Å²) in [5.74, 6) is 1.36. The van der Waals surface area contributed by atoms with Crippen LogP contribution < -0.4 is 20.5 Å². The summed E-state index contributed by atoms with van der Waals surface area (Å²) < 4.78 is 10.3. The maximum Gasteiger partial charge on any atom is 0.253 e. The fraction of sp³-hybridized carbons (Fsp3) is 0.462. The number of nitrogens with one attached hydrogen (secondary N) is 1. The summed E-state index contributed by atoms with van der Waals surface area (Å²) in [4.78, 5) is 12.1. The van der Waals surface area contributed by atoms with Crippen LogP contribution >= 0.6 is 0 Å². The van der Waals surface area contributed by atoms with Crippen molar-refractivity contribution in [2.24, 2.45) is 5.92 Å². The Morgan fingerprint density at radius 1 is 1.39 bits per heavy atom. The van der Waals surface area contributed by atoms with E-state index in [1.807, 2.05) is 0 Å². The second-order valence-corrected chi connectivity index (χ2v) is 4.58. The first-order valence-electron chi connectivity index (χ1n) is 5.89. The highest BCUT2D eigenvalue weighted by molar-refractivity contribution is 6.01. The molecule has 1 aliphatic carbocycles. The topological polar surface area (TPSA) is 73.6 Å². The van der Waals surface area contributed by atoms with E-state index in [4.69, 9.17) is 15.2 Å². The summed E-state index contributed by atoms with van der Waals surface area (Å²) in [5, 5.41) is 2.93. The van der Waals surface area contributed by atoms with E-state index in [1.165, 1.54) is 14.2 Å². The molecular weight excluding hydrogens is 232 g/mol. The molecular formula is C13H18N2O3. The first-order chi connectivity index (χ1) is 8.56. The van der Waals surface area contributed by atoms with Crippen molar-refractivity contribution in [3.05, 3.63) is 17.7 Å². The molecule has 1 fully saturated rings. The summed E-state index contributed by atoms with van der Waals surface area (Å²) in [5.41, 5.74) is 6.64. The Morgan fingerprint density at radius 2 is 2.06 bits per heavy atom. The lowest BCUT2D eigenvalue weighted by Crippen LogP contribution is -2.27. The Hall–Kier alpha value is -1.91. The fourth-order valence-corrected chi connectivity index (χ4v) is 1.85. The number of amides is 1.